The van der Waals surface area contributed by atoms with Crippen molar-refractivity contribution in [1.82, 2.24) is 9.55 Å². The van der Waals surface area contributed by atoms with Gasteiger partial charge in [0.1, 0.15) is 23.6 Å². The van der Waals surface area contributed by atoms with Gasteiger partial charge in [0.15, 0.2) is 0 Å². The van der Waals surface area contributed by atoms with Crippen molar-refractivity contribution in [1.29, 1.82) is 0 Å². The fourth-order valence-corrected chi connectivity index (χ4v) is 3.47. The molecular formula is C22H23N3O3. The van der Waals surface area contributed by atoms with Gasteiger partial charge in [0.2, 0.25) is 5.91 Å². The summed E-state index contributed by atoms with van der Waals surface area (Å²) < 4.78 is 12.8. The van der Waals surface area contributed by atoms with E-state index in [1.165, 1.54) is 0 Å². The molecule has 0 bridgehead atoms. The molecule has 1 amide bonds. The number of hydrogen-bond acceptors (Lipinski definition) is 4. The summed E-state index contributed by atoms with van der Waals surface area (Å²) in [5.41, 5.74) is 2.83. The number of imidazole rings is 1. The van der Waals surface area contributed by atoms with E-state index in [1.807, 2.05) is 66.9 Å². The largest absolute Gasteiger partial charge is 0.497 e. The number of fused-ring (bicyclic) bond motifs is 1. The fraction of sp³-hybridized carbons (Fsp3) is 0.273. The minimum atomic E-state index is -0.0867. The molecule has 0 fully saturated rings. The second kappa shape index (κ2) is 7.38. The molecule has 2 heterocycles. The standard InChI is InChI=1S/C22H23N3O3/c1-14(2)28-18-8-4-15(5-9-18)19-12-20(26)24-22-21(19)23-13-25(22)16-6-10-17(27-3)11-7-16/h4-11,13-14,19H,12H2,1-3H3,(H,24,26). The maximum Gasteiger partial charge on any atom is 0.226 e. The van der Waals surface area contributed by atoms with Gasteiger partial charge in [-0.05, 0) is 55.8 Å². The number of nitrogens with zero attached hydrogens (tertiary/aromatic N) is 2. The lowest BCUT2D eigenvalue weighted by molar-refractivity contribution is -0.116. The summed E-state index contributed by atoms with van der Waals surface area (Å²) in [4.78, 5) is 17.0. The number of rotatable bonds is 5. The third-order valence-electron chi connectivity index (χ3n) is 4.78. The zero-order chi connectivity index (χ0) is 19.7. The molecule has 0 saturated heterocycles. The molecule has 1 aliphatic heterocycles. The van der Waals surface area contributed by atoms with Crippen molar-refractivity contribution >= 4 is 11.7 Å². The monoisotopic (exact) mass is 377 g/mol. The van der Waals surface area contributed by atoms with Gasteiger partial charge in [-0.1, -0.05) is 12.1 Å². The average Bonchev–Trinajstić information content (AvgIpc) is 3.11. The van der Waals surface area contributed by atoms with Gasteiger partial charge in [-0.3, -0.25) is 9.36 Å². The second-order valence-electron chi connectivity index (χ2n) is 7.09. The molecule has 2 aromatic carbocycles. The number of amides is 1. The van der Waals surface area contributed by atoms with Crippen molar-refractivity contribution < 1.29 is 14.3 Å². The first-order valence-electron chi connectivity index (χ1n) is 9.33. The zero-order valence-electron chi connectivity index (χ0n) is 16.2. The molecule has 1 N–H and O–H groups in total. The number of carbonyl (C=O) groups excluding carboxylic acids is 1. The van der Waals surface area contributed by atoms with Crippen LogP contribution in [0.15, 0.2) is 54.9 Å². The van der Waals surface area contributed by atoms with Gasteiger partial charge in [0.05, 0.1) is 18.9 Å². The molecule has 0 radical (unpaired) electrons. The minimum Gasteiger partial charge on any atom is -0.497 e. The Morgan fingerprint density at radius 3 is 2.39 bits per heavy atom. The Morgan fingerprint density at radius 1 is 1.07 bits per heavy atom. The lowest BCUT2D eigenvalue weighted by atomic mass is 9.90. The van der Waals surface area contributed by atoms with Crippen LogP contribution < -0.4 is 14.8 Å². The lowest BCUT2D eigenvalue weighted by Gasteiger charge is -2.23. The molecule has 6 nitrogen and oxygen atoms in total. The average molecular weight is 377 g/mol. The lowest BCUT2D eigenvalue weighted by Crippen LogP contribution is -2.24. The first kappa shape index (κ1) is 18.1. The molecule has 4 rings (SSSR count). The summed E-state index contributed by atoms with van der Waals surface area (Å²) in [5.74, 6) is 2.21. The van der Waals surface area contributed by atoms with Crippen LogP contribution in [0.3, 0.4) is 0 Å². The van der Waals surface area contributed by atoms with Gasteiger partial charge in [-0.2, -0.15) is 0 Å². The fourth-order valence-electron chi connectivity index (χ4n) is 3.47. The molecule has 3 aromatic rings. The first-order chi connectivity index (χ1) is 13.5. The Balaban J connectivity index is 1.68. The molecule has 28 heavy (non-hydrogen) atoms. The summed E-state index contributed by atoms with van der Waals surface area (Å²) in [6.07, 6.45) is 2.25. The number of hydrogen-bond donors (Lipinski definition) is 1. The first-order valence-corrected chi connectivity index (χ1v) is 9.33. The molecule has 1 aromatic heterocycles. The number of anilines is 1. The summed E-state index contributed by atoms with van der Waals surface area (Å²) in [7, 11) is 1.64. The van der Waals surface area contributed by atoms with Crippen molar-refractivity contribution in [3.8, 4) is 17.2 Å². The van der Waals surface area contributed by atoms with Gasteiger partial charge in [0, 0.05) is 18.0 Å². The number of carbonyl (C=O) groups is 1. The molecule has 0 spiro atoms. The summed E-state index contributed by atoms with van der Waals surface area (Å²) >= 11 is 0. The van der Waals surface area contributed by atoms with E-state index >= 15 is 0 Å². The van der Waals surface area contributed by atoms with E-state index < -0.39 is 0 Å². The highest BCUT2D eigenvalue weighted by molar-refractivity contribution is 5.94. The molecule has 144 valence electrons. The van der Waals surface area contributed by atoms with Crippen LogP contribution in [0.25, 0.3) is 5.69 Å². The Hall–Kier alpha value is -3.28. The predicted molar refractivity (Wildman–Crippen MR) is 107 cm³/mol. The van der Waals surface area contributed by atoms with Crippen molar-refractivity contribution in [2.24, 2.45) is 0 Å². The smallest absolute Gasteiger partial charge is 0.226 e. The number of methoxy groups -OCH3 is 1. The Bertz CT molecular complexity index is 975. The van der Waals surface area contributed by atoms with E-state index in [4.69, 9.17) is 9.47 Å². The van der Waals surface area contributed by atoms with E-state index in [0.29, 0.717) is 12.2 Å². The van der Waals surface area contributed by atoms with Crippen molar-refractivity contribution in [3.63, 3.8) is 0 Å². The van der Waals surface area contributed by atoms with Gasteiger partial charge in [-0.25, -0.2) is 4.98 Å². The van der Waals surface area contributed by atoms with Crippen LogP contribution in [0.5, 0.6) is 11.5 Å². The van der Waals surface area contributed by atoms with Crippen molar-refractivity contribution in [3.05, 3.63) is 66.1 Å². The predicted octanol–water partition coefficient (Wildman–Crippen LogP) is 4.14. The Morgan fingerprint density at radius 2 is 1.75 bits per heavy atom. The van der Waals surface area contributed by atoms with Gasteiger partial charge in [-0.15, -0.1) is 0 Å². The van der Waals surface area contributed by atoms with Crippen LogP contribution in [-0.2, 0) is 4.79 Å². The van der Waals surface area contributed by atoms with Gasteiger partial charge in [0.25, 0.3) is 0 Å². The van der Waals surface area contributed by atoms with Crippen LogP contribution in [0.1, 0.15) is 37.4 Å². The number of aromatic nitrogens is 2. The van der Waals surface area contributed by atoms with Crippen LogP contribution >= 0.6 is 0 Å². The molecule has 0 aliphatic carbocycles. The van der Waals surface area contributed by atoms with Crippen LogP contribution in [0, 0.1) is 0 Å². The Kier molecular flexibility index (Phi) is 4.77. The molecule has 6 heteroatoms. The third-order valence-corrected chi connectivity index (χ3v) is 4.78. The van der Waals surface area contributed by atoms with Gasteiger partial charge >= 0.3 is 0 Å². The highest BCUT2D eigenvalue weighted by Gasteiger charge is 2.31. The topological polar surface area (TPSA) is 65.4 Å². The molecule has 1 atom stereocenters. The normalized spacial score (nSPS) is 15.9. The zero-order valence-corrected chi connectivity index (χ0v) is 16.2. The third kappa shape index (κ3) is 3.45. The maximum atomic E-state index is 12.4. The highest BCUT2D eigenvalue weighted by Crippen LogP contribution is 2.37. The summed E-state index contributed by atoms with van der Waals surface area (Å²) in [5, 5.41) is 2.98. The Labute approximate surface area is 164 Å². The quantitative estimate of drug-likeness (QED) is 0.726. The maximum absolute atomic E-state index is 12.4. The van der Waals surface area contributed by atoms with Crippen LogP contribution in [0.2, 0.25) is 0 Å². The molecule has 1 aliphatic rings. The van der Waals surface area contributed by atoms with E-state index in [1.54, 1.807) is 13.4 Å². The minimum absolute atomic E-state index is 0.0183. The second-order valence-corrected chi connectivity index (χ2v) is 7.09. The summed E-state index contributed by atoms with van der Waals surface area (Å²) in [6, 6.07) is 15.6. The van der Waals surface area contributed by atoms with E-state index in [0.717, 1.165) is 28.4 Å². The van der Waals surface area contributed by atoms with Crippen LogP contribution in [0.4, 0.5) is 5.82 Å². The molecule has 1 unspecified atom stereocenters. The molecular weight excluding hydrogens is 354 g/mol. The number of nitrogens with one attached hydrogen (secondary N) is 1. The SMILES string of the molecule is COc1ccc(-n2cnc3c2NC(=O)CC3c2ccc(OC(C)C)cc2)cc1. The number of ether oxygens (including phenoxy) is 2. The van der Waals surface area contributed by atoms with E-state index in [2.05, 4.69) is 10.3 Å². The van der Waals surface area contributed by atoms with Crippen molar-refractivity contribution in [2.45, 2.75) is 32.3 Å². The van der Waals surface area contributed by atoms with E-state index in [-0.39, 0.29) is 17.9 Å². The number of benzene rings is 2. The summed E-state index contributed by atoms with van der Waals surface area (Å²) in [6.45, 7) is 3.99. The molecule has 0 saturated carbocycles. The van der Waals surface area contributed by atoms with E-state index in [9.17, 15) is 4.79 Å². The van der Waals surface area contributed by atoms with Crippen LogP contribution in [-0.4, -0.2) is 28.7 Å². The van der Waals surface area contributed by atoms with Crippen molar-refractivity contribution in [2.75, 3.05) is 12.4 Å². The van der Waals surface area contributed by atoms with Gasteiger partial charge < -0.3 is 14.8 Å². The highest BCUT2D eigenvalue weighted by atomic mass is 16.5.